The first-order valence-corrected chi connectivity index (χ1v) is 6.85. The molecule has 22 heavy (non-hydrogen) atoms. The van der Waals surface area contributed by atoms with Gasteiger partial charge in [-0.25, -0.2) is 4.68 Å². The number of carboxylic acids is 1. The Balaban J connectivity index is 2.14. The van der Waals surface area contributed by atoms with E-state index < -0.39 is 5.97 Å². The number of rotatable bonds is 6. The van der Waals surface area contributed by atoms with Crippen LogP contribution in [0.5, 0.6) is 0 Å². The quantitative estimate of drug-likeness (QED) is 0.854. The lowest BCUT2D eigenvalue weighted by Crippen LogP contribution is -2.38. The van der Waals surface area contributed by atoms with Crippen molar-refractivity contribution in [3.63, 3.8) is 0 Å². The van der Waals surface area contributed by atoms with E-state index in [9.17, 15) is 9.59 Å². The minimum Gasteiger partial charge on any atom is -0.481 e. The third-order valence-corrected chi connectivity index (χ3v) is 3.18. The third kappa shape index (κ3) is 3.66. The van der Waals surface area contributed by atoms with Gasteiger partial charge in [0.1, 0.15) is 6.33 Å². The molecule has 1 N–H and O–H groups in total. The van der Waals surface area contributed by atoms with Gasteiger partial charge in [0.05, 0.1) is 12.1 Å². The second-order valence-corrected chi connectivity index (χ2v) is 5.04. The summed E-state index contributed by atoms with van der Waals surface area (Å²) in [5.74, 6) is -1.12. The highest BCUT2D eigenvalue weighted by atomic mass is 16.4. The fourth-order valence-corrected chi connectivity index (χ4v) is 2.01. The zero-order valence-electron chi connectivity index (χ0n) is 12.4. The molecule has 1 amide bonds. The smallest absolute Gasteiger partial charge is 0.305 e. The molecule has 0 saturated heterocycles. The summed E-state index contributed by atoms with van der Waals surface area (Å²) in [6.45, 7) is 3.89. The topological polar surface area (TPSA) is 101 Å². The molecule has 0 unspecified atom stereocenters. The van der Waals surface area contributed by atoms with Gasteiger partial charge in [-0.15, -0.1) is 5.10 Å². The number of hydrogen-bond acceptors (Lipinski definition) is 5. The number of carboxylic acid groups (broad SMARTS) is 1. The first-order valence-electron chi connectivity index (χ1n) is 6.85. The maximum absolute atomic E-state index is 12.5. The molecule has 0 atom stereocenters. The van der Waals surface area contributed by atoms with E-state index in [1.54, 1.807) is 29.2 Å². The number of benzene rings is 1. The molecule has 1 aromatic carbocycles. The molecule has 0 aliphatic carbocycles. The van der Waals surface area contributed by atoms with Gasteiger partial charge in [-0.2, -0.15) is 0 Å². The van der Waals surface area contributed by atoms with Gasteiger partial charge < -0.3 is 10.0 Å². The van der Waals surface area contributed by atoms with E-state index in [2.05, 4.69) is 15.5 Å². The second-order valence-electron chi connectivity index (χ2n) is 5.04. The van der Waals surface area contributed by atoms with E-state index in [4.69, 9.17) is 5.11 Å². The number of amides is 1. The van der Waals surface area contributed by atoms with E-state index in [-0.39, 0.29) is 24.9 Å². The van der Waals surface area contributed by atoms with Crippen LogP contribution in [0.25, 0.3) is 5.69 Å². The largest absolute Gasteiger partial charge is 0.481 e. The molecule has 1 heterocycles. The Bertz CT molecular complexity index is 637. The molecular weight excluding hydrogens is 286 g/mol. The van der Waals surface area contributed by atoms with E-state index >= 15 is 0 Å². The van der Waals surface area contributed by atoms with Crippen molar-refractivity contribution in [2.45, 2.75) is 26.3 Å². The van der Waals surface area contributed by atoms with Crippen molar-refractivity contribution in [3.05, 3.63) is 36.2 Å². The molecule has 2 rings (SSSR count). The van der Waals surface area contributed by atoms with E-state index in [1.807, 2.05) is 13.8 Å². The van der Waals surface area contributed by atoms with Crippen molar-refractivity contribution in [1.29, 1.82) is 0 Å². The molecule has 0 aliphatic heterocycles. The molecule has 0 bridgehead atoms. The van der Waals surface area contributed by atoms with Crippen LogP contribution in [0.15, 0.2) is 30.6 Å². The molecular formula is C14H17N5O3. The van der Waals surface area contributed by atoms with Crippen molar-refractivity contribution in [2.24, 2.45) is 0 Å². The highest BCUT2D eigenvalue weighted by molar-refractivity contribution is 5.94. The summed E-state index contributed by atoms with van der Waals surface area (Å²) in [6.07, 6.45) is 1.39. The van der Waals surface area contributed by atoms with Crippen LogP contribution in [0.3, 0.4) is 0 Å². The van der Waals surface area contributed by atoms with Gasteiger partial charge >= 0.3 is 5.97 Å². The standard InChI is InChI=1S/C14H17N5O3/c1-10(2)18(8-7-13(20)21)14(22)11-3-5-12(6-4-11)19-9-15-16-17-19/h3-6,9-10H,7-8H2,1-2H3,(H,20,21). The maximum Gasteiger partial charge on any atom is 0.305 e. The lowest BCUT2D eigenvalue weighted by atomic mass is 10.1. The van der Waals surface area contributed by atoms with Gasteiger partial charge in [-0.1, -0.05) is 0 Å². The van der Waals surface area contributed by atoms with Crippen molar-refractivity contribution < 1.29 is 14.7 Å². The van der Waals surface area contributed by atoms with E-state index in [0.29, 0.717) is 5.56 Å². The maximum atomic E-state index is 12.5. The van der Waals surface area contributed by atoms with Crippen LogP contribution in [-0.2, 0) is 4.79 Å². The molecule has 8 nitrogen and oxygen atoms in total. The minimum atomic E-state index is -0.924. The van der Waals surface area contributed by atoms with Crippen LogP contribution >= 0.6 is 0 Å². The summed E-state index contributed by atoms with van der Waals surface area (Å²) in [4.78, 5) is 24.7. The number of tetrazole rings is 1. The average Bonchev–Trinajstić information content (AvgIpc) is 3.01. The van der Waals surface area contributed by atoms with Crippen LogP contribution in [0.2, 0.25) is 0 Å². The fourth-order valence-electron chi connectivity index (χ4n) is 2.01. The van der Waals surface area contributed by atoms with Crippen molar-refractivity contribution >= 4 is 11.9 Å². The zero-order valence-corrected chi connectivity index (χ0v) is 12.4. The SMILES string of the molecule is CC(C)N(CCC(=O)O)C(=O)c1ccc(-n2cnnn2)cc1. The molecule has 2 aromatic rings. The summed E-state index contributed by atoms with van der Waals surface area (Å²) in [5.41, 5.74) is 1.24. The number of carbonyl (C=O) groups excluding carboxylic acids is 1. The highest BCUT2D eigenvalue weighted by Gasteiger charge is 2.19. The number of aromatic nitrogens is 4. The summed E-state index contributed by atoms with van der Waals surface area (Å²) < 4.78 is 1.49. The van der Waals surface area contributed by atoms with E-state index in [0.717, 1.165) is 5.69 Å². The Labute approximate surface area is 127 Å². The van der Waals surface area contributed by atoms with Gasteiger partial charge in [0.15, 0.2) is 0 Å². The van der Waals surface area contributed by atoms with Crippen LogP contribution in [0.4, 0.5) is 0 Å². The summed E-state index contributed by atoms with van der Waals surface area (Å²) in [5, 5.41) is 19.6. The molecule has 0 radical (unpaired) electrons. The van der Waals surface area contributed by atoms with Crippen molar-refractivity contribution in [2.75, 3.05) is 6.54 Å². The Hall–Kier alpha value is -2.77. The van der Waals surface area contributed by atoms with Crippen LogP contribution < -0.4 is 0 Å². The number of hydrogen-bond donors (Lipinski definition) is 1. The fraction of sp³-hybridized carbons (Fsp3) is 0.357. The molecule has 116 valence electrons. The van der Waals surface area contributed by atoms with Crippen molar-refractivity contribution in [3.8, 4) is 5.69 Å². The number of aliphatic carboxylic acids is 1. The molecule has 0 fully saturated rings. The third-order valence-electron chi connectivity index (χ3n) is 3.18. The second kappa shape index (κ2) is 6.79. The summed E-state index contributed by atoms with van der Waals surface area (Å²) in [6, 6.07) is 6.75. The molecule has 1 aromatic heterocycles. The van der Waals surface area contributed by atoms with Gasteiger partial charge in [-0.3, -0.25) is 9.59 Å². The average molecular weight is 303 g/mol. The minimum absolute atomic E-state index is 0.0768. The predicted molar refractivity (Wildman–Crippen MR) is 77.6 cm³/mol. The van der Waals surface area contributed by atoms with Crippen molar-refractivity contribution in [1.82, 2.24) is 25.1 Å². The first kappa shape index (κ1) is 15.6. The molecule has 0 aliphatic rings. The van der Waals surface area contributed by atoms with Crippen LogP contribution in [-0.4, -0.2) is 54.7 Å². The van der Waals surface area contributed by atoms with Gasteiger partial charge in [-0.05, 0) is 48.5 Å². The Morgan fingerprint density at radius 2 is 1.95 bits per heavy atom. The van der Waals surface area contributed by atoms with E-state index in [1.165, 1.54) is 11.0 Å². The molecule has 8 heteroatoms. The normalized spacial score (nSPS) is 10.7. The highest BCUT2D eigenvalue weighted by Crippen LogP contribution is 2.12. The van der Waals surface area contributed by atoms with Gasteiger partial charge in [0, 0.05) is 18.2 Å². The molecule has 0 saturated carbocycles. The Morgan fingerprint density at radius 3 is 2.45 bits per heavy atom. The first-order chi connectivity index (χ1) is 10.5. The lowest BCUT2D eigenvalue weighted by Gasteiger charge is -2.26. The predicted octanol–water partition coefficient (Wildman–Crippen LogP) is 0.988. The van der Waals surface area contributed by atoms with Gasteiger partial charge in [0.25, 0.3) is 5.91 Å². The molecule has 0 spiro atoms. The zero-order chi connectivity index (χ0) is 16.1. The van der Waals surface area contributed by atoms with Gasteiger partial charge in [0.2, 0.25) is 0 Å². The monoisotopic (exact) mass is 303 g/mol. The van der Waals surface area contributed by atoms with Crippen LogP contribution in [0.1, 0.15) is 30.6 Å². The lowest BCUT2D eigenvalue weighted by molar-refractivity contribution is -0.137. The summed E-state index contributed by atoms with van der Waals surface area (Å²) >= 11 is 0. The number of carbonyl (C=O) groups is 2. The Kier molecular flexibility index (Phi) is 4.82. The number of nitrogens with zero attached hydrogens (tertiary/aromatic N) is 5. The summed E-state index contributed by atoms with van der Waals surface area (Å²) in [7, 11) is 0. The van der Waals surface area contributed by atoms with Crippen LogP contribution in [0, 0.1) is 0 Å². The Morgan fingerprint density at radius 1 is 1.27 bits per heavy atom.